The van der Waals surface area contributed by atoms with Gasteiger partial charge in [0.1, 0.15) is 0 Å². The van der Waals surface area contributed by atoms with Gasteiger partial charge in [-0.25, -0.2) is 4.98 Å². The van der Waals surface area contributed by atoms with Crippen molar-refractivity contribution in [3.05, 3.63) is 45.5 Å². The van der Waals surface area contributed by atoms with Gasteiger partial charge in [-0.05, 0) is 6.07 Å². The van der Waals surface area contributed by atoms with E-state index in [-0.39, 0.29) is 22.2 Å². The SMILES string of the molecule is NC(=O)c1cccc([N+](=O)[O-])c1Oc1nccs1. The highest BCUT2D eigenvalue weighted by Gasteiger charge is 2.23. The molecule has 2 N–H and O–H groups in total. The van der Waals surface area contributed by atoms with Gasteiger partial charge in [-0.2, -0.15) is 0 Å². The summed E-state index contributed by atoms with van der Waals surface area (Å²) in [7, 11) is 0. The molecule has 2 aromatic rings. The van der Waals surface area contributed by atoms with Crippen molar-refractivity contribution in [1.29, 1.82) is 0 Å². The van der Waals surface area contributed by atoms with Crippen LogP contribution >= 0.6 is 11.3 Å². The Morgan fingerprint density at radius 1 is 1.50 bits per heavy atom. The summed E-state index contributed by atoms with van der Waals surface area (Å²) in [4.78, 5) is 25.3. The van der Waals surface area contributed by atoms with Crippen molar-refractivity contribution in [1.82, 2.24) is 4.98 Å². The molecule has 0 atom stereocenters. The van der Waals surface area contributed by atoms with E-state index in [9.17, 15) is 14.9 Å². The first-order chi connectivity index (χ1) is 8.59. The Labute approximate surface area is 105 Å². The molecule has 1 aromatic heterocycles. The Morgan fingerprint density at radius 2 is 2.28 bits per heavy atom. The number of nitrogens with two attached hydrogens (primary N) is 1. The van der Waals surface area contributed by atoms with Crippen LogP contribution in [0.2, 0.25) is 0 Å². The third-order valence-corrected chi connectivity index (χ3v) is 2.70. The van der Waals surface area contributed by atoms with Crippen molar-refractivity contribution in [2.45, 2.75) is 0 Å². The second-order valence-corrected chi connectivity index (χ2v) is 4.03. The first kappa shape index (κ1) is 12.0. The van der Waals surface area contributed by atoms with Gasteiger partial charge < -0.3 is 10.5 Å². The van der Waals surface area contributed by atoms with Crippen LogP contribution in [0.25, 0.3) is 0 Å². The minimum atomic E-state index is -0.801. The lowest BCUT2D eigenvalue weighted by Gasteiger charge is -2.06. The highest BCUT2D eigenvalue weighted by molar-refractivity contribution is 7.11. The third kappa shape index (κ3) is 2.28. The largest absolute Gasteiger partial charge is 0.423 e. The van der Waals surface area contributed by atoms with Crippen LogP contribution in [0.4, 0.5) is 5.69 Å². The van der Waals surface area contributed by atoms with Gasteiger partial charge in [0.05, 0.1) is 10.5 Å². The summed E-state index contributed by atoms with van der Waals surface area (Å²) in [6, 6.07) is 3.96. The minimum absolute atomic E-state index is 0.0561. The highest BCUT2D eigenvalue weighted by atomic mass is 32.1. The highest BCUT2D eigenvalue weighted by Crippen LogP contribution is 2.35. The number of benzene rings is 1. The van der Waals surface area contributed by atoms with Crippen LogP contribution in [-0.2, 0) is 0 Å². The van der Waals surface area contributed by atoms with E-state index in [1.54, 1.807) is 5.38 Å². The van der Waals surface area contributed by atoms with Gasteiger partial charge in [0, 0.05) is 17.6 Å². The lowest BCUT2D eigenvalue weighted by molar-refractivity contribution is -0.385. The maximum absolute atomic E-state index is 11.2. The maximum Gasteiger partial charge on any atom is 0.312 e. The maximum atomic E-state index is 11.2. The summed E-state index contributed by atoms with van der Waals surface area (Å²) in [5.74, 6) is -0.991. The van der Waals surface area contributed by atoms with Crippen molar-refractivity contribution in [3.8, 4) is 10.9 Å². The van der Waals surface area contributed by atoms with E-state index >= 15 is 0 Å². The van der Waals surface area contributed by atoms with Crippen LogP contribution < -0.4 is 10.5 Å². The molecule has 0 spiro atoms. The first-order valence-corrected chi connectivity index (χ1v) is 5.62. The molecule has 0 saturated heterocycles. The normalized spacial score (nSPS) is 10.0. The van der Waals surface area contributed by atoms with Crippen LogP contribution in [0.3, 0.4) is 0 Å². The van der Waals surface area contributed by atoms with Crippen LogP contribution in [0.5, 0.6) is 10.9 Å². The number of ether oxygens (including phenoxy) is 1. The molecule has 0 bridgehead atoms. The quantitative estimate of drug-likeness (QED) is 0.671. The predicted octanol–water partition coefficient (Wildman–Crippen LogP) is 1.94. The van der Waals surface area contributed by atoms with Gasteiger partial charge in [-0.3, -0.25) is 14.9 Å². The summed E-state index contributed by atoms with van der Waals surface area (Å²) in [6.07, 6.45) is 1.48. The van der Waals surface area contributed by atoms with Crippen molar-refractivity contribution in [2.24, 2.45) is 5.73 Å². The van der Waals surface area contributed by atoms with E-state index in [4.69, 9.17) is 10.5 Å². The zero-order chi connectivity index (χ0) is 13.1. The molecule has 0 aliphatic heterocycles. The molecule has 1 aromatic carbocycles. The number of hydrogen-bond donors (Lipinski definition) is 1. The van der Waals surface area contributed by atoms with Gasteiger partial charge in [0.15, 0.2) is 0 Å². The van der Waals surface area contributed by atoms with Crippen molar-refractivity contribution in [3.63, 3.8) is 0 Å². The summed E-state index contributed by atoms with van der Waals surface area (Å²) >= 11 is 1.15. The summed E-state index contributed by atoms with van der Waals surface area (Å²) in [6.45, 7) is 0. The molecule has 92 valence electrons. The molecule has 1 heterocycles. The summed E-state index contributed by atoms with van der Waals surface area (Å²) in [5.41, 5.74) is 4.77. The van der Waals surface area contributed by atoms with Crippen LogP contribution in [0, 0.1) is 10.1 Å². The lowest BCUT2D eigenvalue weighted by atomic mass is 10.1. The van der Waals surface area contributed by atoms with Gasteiger partial charge in [-0.15, -0.1) is 0 Å². The number of thiazole rings is 1. The molecule has 2 rings (SSSR count). The fraction of sp³-hybridized carbons (Fsp3) is 0. The van der Waals surface area contributed by atoms with Crippen LogP contribution in [-0.4, -0.2) is 15.8 Å². The summed E-state index contributed by atoms with van der Waals surface area (Å²) in [5, 5.41) is 12.7. The molecule has 0 saturated carbocycles. The number of amides is 1. The standard InChI is InChI=1S/C10H7N3O4S/c11-9(14)6-2-1-3-7(13(15)16)8(6)17-10-12-4-5-18-10/h1-5H,(H2,11,14). The average Bonchev–Trinajstić information content (AvgIpc) is 2.81. The zero-order valence-electron chi connectivity index (χ0n) is 8.90. The average molecular weight is 265 g/mol. The fourth-order valence-electron chi connectivity index (χ4n) is 1.32. The molecule has 0 aliphatic rings. The second kappa shape index (κ2) is 4.80. The van der Waals surface area contributed by atoms with Crippen molar-refractivity contribution >= 4 is 22.9 Å². The van der Waals surface area contributed by atoms with E-state index < -0.39 is 10.8 Å². The van der Waals surface area contributed by atoms with Crippen molar-refractivity contribution in [2.75, 3.05) is 0 Å². The number of carbonyl (C=O) groups is 1. The second-order valence-electron chi connectivity index (χ2n) is 3.18. The molecule has 1 amide bonds. The molecule has 0 aliphatic carbocycles. The fourth-order valence-corrected chi connectivity index (χ4v) is 1.81. The number of primary amides is 1. The predicted molar refractivity (Wildman–Crippen MR) is 63.8 cm³/mol. The molecular formula is C10H7N3O4S. The van der Waals surface area contributed by atoms with E-state index in [0.29, 0.717) is 0 Å². The number of nitro groups is 1. The van der Waals surface area contributed by atoms with Crippen molar-refractivity contribution < 1.29 is 14.5 Å². The van der Waals surface area contributed by atoms with Gasteiger partial charge in [0.2, 0.25) is 5.75 Å². The Hall–Kier alpha value is -2.48. The topological polar surface area (TPSA) is 108 Å². The number of para-hydroxylation sites is 1. The monoisotopic (exact) mass is 265 g/mol. The molecular weight excluding hydrogens is 258 g/mol. The smallest absolute Gasteiger partial charge is 0.312 e. The molecule has 18 heavy (non-hydrogen) atoms. The molecule has 0 fully saturated rings. The van der Waals surface area contributed by atoms with E-state index in [1.165, 1.54) is 24.4 Å². The zero-order valence-corrected chi connectivity index (χ0v) is 9.72. The van der Waals surface area contributed by atoms with Gasteiger partial charge in [0.25, 0.3) is 11.1 Å². The molecule has 8 heteroatoms. The molecule has 7 nitrogen and oxygen atoms in total. The Morgan fingerprint density at radius 3 is 2.83 bits per heavy atom. The summed E-state index contributed by atoms with van der Waals surface area (Å²) < 4.78 is 5.27. The minimum Gasteiger partial charge on any atom is -0.423 e. The van der Waals surface area contributed by atoms with Crippen LogP contribution in [0.15, 0.2) is 29.8 Å². The molecule has 0 radical (unpaired) electrons. The van der Waals surface area contributed by atoms with E-state index in [2.05, 4.69) is 4.98 Å². The number of carbonyl (C=O) groups excluding carboxylic acids is 1. The Kier molecular flexibility index (Phi) is 3.20. The van der Waals surface area contributed by atoms with Crippen LogP contribution in [0.1, 0.15) is 10.4 Å². The first-order valence-electron chi connectivity index (χ1n) is 4.74. The third-order valence-electron chi connectivity index (χ3n) is 2.06. The lowest BCUT2D eigenvalue weighted by Crippen LogP contribution is -2.13. The number of aromatic nitrogens is 1. The van der Waals surface area contributed by atoms with Gasteiger partial charge in [-0.1, -0.05) is 17.4 Å². The number of rotatable bonds is 4. The number of nitrogens with zero attached hydrogens (tertiary/aromatic N) is 2. The number of hydrogen-bond acceptors (Lipinski definition) is 6. The van der Waals surface area contributed by atoms with E-state index in [1.807, 2.05) is 0 Å². The molecule has 0 unspecified atom stereocenters. The Bertz CT molecular complexity index is 565. The van der Waals surface area contributed by atoms with Gasteiger partial charge >= 0.3 is 5.69 Å². The number of nitro benzene ring substituents is 1. The van der Waals surface area contributed by atoms with E-state index in [0.717, 1.165) is 11.3 Å². The Balaban J connectivity index is 2.53.